The van der Waals surface area contributed by atoms with Gasteiger partial charge in [0.05, 0.1) is 34.1 Å². The fraction of sp³-hybridized carbons (Fsp3) is 0.414. The van der Waals surface area contributed by atoms with Crippen molar-refractivity contribution in [3.8, 4) is 6.07 Å². The van der Waals surface area contributed by atoms with Gasteiger partial charge in [0.2, 0.25) is 15.9 Å². The molecule has 1 unspecified atom stereocenters. The number of fused-ring (bicyclic) bond motifs is 1. The Morgan fingerprint density at radius 1 is 1.11 bits per heavy atom. The molecule has 0 spiro atoms. The Labute approximate surface area is 252 Å². The van der Waals surface area contributed by atoms with Crippen LogP contribution in [-0.2, 0) is 21.4 Å². The molecule has 0 radical (unpaired) electrons. The van der Waals surface area contributed by atoms with E-state index in [1.807, 2.05) is 13.8 Å². The molecule has 2 fully saturated rings. The van der Waals surface area contributed by atoms with E-state index < -0.39 is 45.1 Å². The lowest BCUT2D eigenvalue weighted by Crippen LogP contribution is -2.61. The van der Waals surface area contributed by atoms with Crippen LogP contribution in [0.25, 0.3) is 10.9 Å². The second-order valence-electron chi connectivity index (χ2n) is 11.4. The molecule has 1 atom stereocenters. The Morgan fingerprint density at radius 2 is 1.77 bits per heavy atom. The second-order valence-corrected chi connectivity index (χ2v) is 13.4. The van der Waals surface area contributed by atoms with E-state index in [-0.39, 0.29) is 60.5 Å². The van der Waals surface area contributed by atoms with E-state index in [9.17, 15) is 37.2 Å². The van der Waals surface area contributed by atoms with E-state index in [0.717, 1.165) is 34.4 Å². The summed E-state index contributed by atoms with van der Waals surface area (Å²) in [7, 11) is -3.82. The third kappa shape index (κ3) is 5.70. The monoisotopic (exact) mass is 625 g/mol. The van der Waals surface area contributed by atoms with Crippen LogP contribution in [0.15, 0.2) is 46.0 Å². The van der Waals surface area contributed by atoms with E-state index in [1.165, 1.54) is 38.3 Å². The number of nitrogens with zero attached hydrogens (tertiary/aromatic N) is 6. The maximum atomic E-state index is 14.9. The summed E-state index contributed by atoms with van der Waals surface area (Å²) in [5.41, 5.74) is 4.83. The summed E-state index contributed by atoms with van der Waals surface area (Å²) in [4.78, 5) is 55.8. The van der Waals surface area contributed by atoms with Gasteiger partial charge in [-0.1, -0.05) is 0 Å². The maximum Gasteiger partial charge on any atom is 0.331 e. The van der Waals surface area contributed by atoms with Gasteiger partial charge in [0, 0.05) is 32.2 Å². The molecule has 0 bridgehead atoms. The van der Waals surface area contributed by atoms with Crippen LogP contribution < -0.4 is 21.9 Å². The maximum absolute atomic E-state index is 14.9. The van der Waals surface area contributed by atoms with Crippen LogP contribution in [0.5, 0.6) is 0 Å². The molecule has 3 amide bonds. The molecule has 1 aliphatic carbocycles. The molecular formula is C29H32FN7O6S. The van der Waals surface area contributed by atoms with Crippen molar-refractivity contribution < 1.29 is 22.4 Å². The highest BCUT2D eigenvalue weighted by atomic mass is 32.2. The normalized spacial score (nSPS) is 17.5. The standard InChI is InChI=1S/C29H32FN7O6S/c1-17(2)36-24-9-8-20(12-22(24)27(39)34(29(36)41)15-18-4-5-18)37(21-7-6-19(14-31)23(30)13-21)28(40)33-10-11-35(44(3,42)43)25(16-33)26(32)38/h6-9,12-13,17-18,25H,4-5,10-11,15-16H2,1-3H3,(H2,32,38). The fourth-order valence-electron chi connectivity index (χ4n) is 5.54. The molecule has 3 aromatic rings. The second kappa shape index (κ2) is 11.5. The molecule has 1 saturated carbocycles. The van der Waals surface area contributed by atoms with E-state index in [0.29, 0.717) is 5.52 Å². The molecule has 2 aromatic carbocycles. The molecule has 15 heteroatoms. The number of carbonyl (C=O) groups excluding carboxylic acids is 2. The number of hydrogen-bond acceptors (Lipinski definition) is 7. The molecule has 1 aliphatic heterocycles. The van der Waals surface area contributed by atoms with Crippen molar-refractivity contribution in [2.24, 2.45) is 11.7 Å². The first-order valence-electron chi connectivity index (χ1n) is 14.1. The molecule has 13 nitrogen and oxygen atoms in total. The minimum Gasteiger partial charge on any atom is -0.368 e. The molecule has 2 N–H and O–H groups in total. The zero-order chi connectivity index (χ0) is 32.1. The van der Waals surface area contributed by atoms with Gasteiger partial charge >= 0.3 is 11.7 Å². The van der Waals surface area contributed by atoms with Gasteiger partial charge in [-0.25, -0.2) is 22.4 Å². The number of hydrogen-bond donors (Lipinski definition) is 1. The van der Waals surface area contributed by atoms with Gasteiger partial charge in [-0.15, -0.1) is 0 Å². The van der Waals surface area contributed by atoms with Crippen LogP contribution in [0.2, 0.25) is 0 Å². The Balaban J connectivity index is 1.67. The number of carbonyl (C=O) groups is 2. The zero-order valence-corrected chi connectivity index (χ0v) is 25.3. The predicted octanol–water partition coefficient (Wildman–Crippen LogP) is 1.85. The lowest BCUT2D eigenvalue weighted by Gasteiger charge is -2.40. The molecule has 44 heavy (non-hydrogen) atoms. The fourth-order valence-corrected chi connectivity index (χ4v) is 6.59. The van der Waals surface area contributed by atoms with Crippen LogP contribution in [-0.4, -0.2) is 70.6 Å². The number of urea groups is 1. The number of amides is 3. The summed E-state index contributed by atoms with van der Waals surface area (Å²) in [5.74, 6) is -1.61. The number of anilines is 2. The summed E-state index contributed by atoms with van der Waals surface area (Å²) in [6, 6.07) is 7.44. The Morgan fingerprint density at radius 3 is 2.34 bits per heavy atom. The van der Waals surface area contributed by atoms with Crippen LogP contribution in [0.1, 0.15) is 38.3 Å². The summed E-state index contributed by atoms with van der Waals surface area (Å²) >= 11 is 0. The first kappa shape index (κ1) is 30.9. The molecule has 1 aromatic heterocycles. The minimum absolute atomic E-state index is 0.0162. The molecule has 2 heterocycles. The van der Waals surface area contributed by atoms with Gasteiger partial charge in [0.15, 0.2) is 0 Å². The van der Waals surface area contributed by atoms with Gasteiger partial charge in [-0.2, -0.15) is 9.57 Å². The van der Waals surface area contributed by atoms with Crippen molar-refractivity contribution in [2.75, 3.05) is 30.8 Å². The highest BCUT2D eigenvalue weighted by Gasteiger charge is 2.39. The van der Waals surface area contributed by atoms with Crippen molar-refractivity contribution in [1.29, 1.82) is 5.26 Å². The van der Waals surface area contributed by atoms with E-state index in [4.69, 9.17) is 5.73 Å². The number of benzene rings is 2. The number of aromatic nitrogens is 2. The van der Waals surface area contributed by atoms with Gasteiger partial charge in [-0.05, 0) is 69.0 Å². The lowest BCUT2D eigenvalue weighted by atomic mass is 10.1. The summed E-state index contributed by atoms with van der Waals surface area (Å²) < 4.78 is 43.1. The largest absolute Gasteiger partial charge is 0.368 e. The van der Waals surface area contributed by atoms with Gasteiger partial charge in [0.25, 0.3) is 5.56 Å². The first-order valence-corrected chi connectivity index (χ1v) is 15.9. The Hall–Kier alpha value is -4.55. The highest BCUT2D eigenvalue weighted by molar-refractivity contribution is 7.88. The summed E-state index contributed by atoms with van der Waals surface area (Å²) in [5, 5.41) is 9.41. The molecule has 2 aliphatic rings. The quantitative estimate of drug-likeness (QED) is 0.417. The number of nitrogens with two attached hydrogens (primary N) is 1. The average Bonchev–Trinajstić information content (AvgIpc) is 3.79. The van der Waals surface area contributed by atoms with Crippen molar-refractivity contribution in [2.45, 2.75) is 45.3 Å². The van der Waals surface area contributed by atoms with Crippen molar-refractivity contribution in [1.82, 2.24) is 18.3 Å². The average molecular weight is 626 g/mol. The van der Waals surface area contributed by atoms with Crippen LogP contribution in [0, 0.1) is 23.1 Å². The highest BCUT2D eigenvalue weighted by Crippen LogP contribution is 2.32. The number of nitriles is 1. The number of sulfonamides is 1. The third-order valence-electron chi connectivity index (χ3n) is 7.94. The molecule has 232 valence electrons. The first-order chi connectivity index (χ1) is 20.7. The van der Waals surface area contributed by atoms with Crippen LogP contribution in [0.4, 0.5) is 20.6 Å². The van der Waals surface area contributed by atoms with Crippen molar-refractivity contribution in [3.63, 3.8) is 0 Å². The van der Waals surface area contributed by atoms with E-state index in [2.05, 4.69) is 0 Å². The SMILES string of the molecule is CC(C)n1c(=O)n(CC2CC2)c(=O)c2cc(N(C(=O)N3CCN(S(C)(=O)=O)C(C(N)=O)C3)c3ccc(C#N)c(F)c3)ccc21. The predicted molar refractivity (Wildman–Crippen MR) is 160 cm³/mol. The van der Waals surface area contributed by atoms with E-state index in [1.54, 1.807) is 12.1 Å². The van der Waals surface area contributed by atoms with Crippen molar-refractivity contribution >= 4 is 44.2 Å². The molecule has 5 rings (SSSR count). The molecule has 1 saturated heterocycles. The molecular weight excluding hydrogens is 593 g/mol. The van der Waals surface area contributed by atoms with Gasteiger partial charge < -0.3 is 10.6 Å². The van der Waals surface area contributed by atoms with Crippen molar-refractivity contribution in [3.05, 3.63) is 68.6 Å². The third-order valence-corrected chi connectivity index (χ3v) is 9.23. The minimum atomic E-state index is -3.82. The Bertz CT molecular complexity index is 1940. The van der Waals surface area contributed by atoms with Crippen LogP contribution in [0.3, 0.4) is 0 Å². The van der Waals surface area contributed by atoms with Crippen LogP contribution >= 0.6 is 0 Å². The number of primary amides is 1. The summed E-state index contributed by atoms with van der Waals surface area (Å²) in [6.07, 6.45) is 2.77. The lowest BCUT2D eigenvalue weighted by molar-refractivity contribution is -0.122. The number of piperazine rings is 1. The smallest absolute Gasteiger partial charge is 0.331 e. The summed E-state index contributed by atoms with van der Waals surface area (Å²) in [6.45, 7) is 3.22. The zero-order valence-electron chi connectivity index (χ0n) is 24.4. The van der Waals surface area contributed by atoms with Gasteiger partial charge in [0.1, 0.15) is 17.9 Å². The topological polar surface area (TPSA) is 172 Å². The number of halogens is 1. The van der Waals surface area contributed by atoms with E-state index >= 15 is 0 Å². The Kier molecular flexibility index (Phi) is 8.08. The number of rotatable bonds is 7. The van der Waals surface area contributed by atoms with Gasteiger partial charge in [-0.3, -0.25) is 23.6 Å².